The van der Waals surface area contributed by atoms with Crippen LogP contribution in [0.3, 0.4) is 0 Å². The molecule has 0 amide bonds. The van der Waals surface area contributed by atoms with Crippen LogP contribution in [0.15, 0.2) is 0 Å². The molecule has 6 radical (unpaired) electrons. The summed E-state index contributed by atoms with van der Waals surface area (Å²) in [4.78, 5) is 0. The molecule has 0 spiro atoms. The third-order valence-electron chi connectivity index (χ3n) is 0. The van der Waals surface area contributed by atoms with Crippen molar-refractivity contribution in [3.05, 3.63) is 0 Å². The molecule has 0 aliphatic heterocycles. The van der Waals surface area contributed by atoms with E-state index in [4.69, 9.17) is 0 Å². The molecule has 11 heavy (non-hydrogen) atoms. The normalized spacial score (nSPS) is 0. The topological polar surface area (TPSA) is 0 Å². The molecule has 0 saturated carbocycles. The fraction of sp³-hybridized carbons (Fsp3) is 0. The summed E-state index contributed by atoms with van der Waals surface area (Å²) < 4.78 is 0. The molecule has 56 valence electrons. The minimum atomic E-state index is 0. The molecule has 0 atom stereocenters. The smallest absolute Gasteiger partial charge is 0 e. The monoisotopic (exact) mass is 572 g/mol. The molecule has 0 fully saturated rings. The molecule has 0 aliphatic carbocycles. The van der Waals surface area contributed by atoms with E-state index in [0.29, 0.717) is 0 Å². The van der Waals surface area contributed by atoms with Gasteiger partial charge in [0.05, 0.1) is 0 Å². The minimum Gasteiger partial charge on any atom is 0 e. The first-order chi connectivity index (χ1) is 0. The maximum atomic E-state index is 0. The Hall–Kier alpha value is 6.90. The van der Waals surface area contributed by atoms with Crippen LogP contribution in [-0.2, 0) is 102 Å². The van der Waals surface area contributed by atoms with Gasteiger partial charge in [0.2, 0.25) is 0 Å². The summed E-state index contributed by atoms with van der Waals surface area (Å²) in [6.07, 6.45) is 0. The Balaban J connectivity index is 0. The molecule has 0 nitrogen and oxygen atoms in total. The van der Waals surface area contributed by atoms with Crippen LogP contribution in [0.5, 0.6) is 0 Å². The third kappa shape index (κ3) is 78.8. The van der Waals surface area contributed by atoms with Gasteiger partial charge in [-0.2, -0.15) is 0 Å². The van der Waals surface area contributed by atoms with Crippen molar-refractivity contribution in [2.75, 3.05) is 0 Å². The average Bonchev–Trinajstić information content (AvgIpc) is 0. The molecule has 11 heteroatoms. The third-order valence-corrected chi connectivity index (χ3v) is 0. The Morgan fingerprint density at radius 1 is 0.182 bits per heavy atom. The van der Waals surface area contributed by atoms with E-state index in [9.17, 15) is 0 Å². The summed E-state index contributed by atoms with van der Waals surface area (Å²) in [5, 5.41) is 0. The summed E-state index contributed by atoms with van der Waals surface area (Å²) >= 11 is 0. The summed E-state index contributed by atoms with van der Waals surface area (Å²) in [6.45, 7) is 0. The van der Waals surface area contributed by atoms with Crippen LogP contribution in [-0.4, -0.2) is 113 Å². The Bertz CT molecular complexity index is 10.9. The van der Waals surface area contributed by atoms with E-state index in [1.54, 1.807) is 0 Å². The predicted molar refractivity (Wildman–Crippen MR) is 34.5 cm³/mol. The Kier molecular flexibility index (Phi) is 877. The molecule has 0 unspecified atom stereocenters. The Morgan fingerprint density at radius 3 is 0.182 bits per heavy atom. The van der Waals surface area contributed by atoms with Crippen molar-refractivity contribution >= 4 is 113 Å². The van der Waals surface area contributed by atoms with Crippen molar-refractivity contribution in [2.45, 2.75) is 0 Å². The van der Waals surface area contributed by atoms with Gasteiger partial charge >= 0.3 is 0 Å². The van der Waals surface area contributed by atoms with Gasteiger partial charge in [0.1, 0.15) is 0 Å². The second-order valence-electron chi connectivity index (χ2n) is 0. The van der Waals surface area contributed by atoms with Gasteiger partial charge in [0, 0.05) is 215 Å². The molecular weight excluding hydrogens is 574 g/mol. The van der Waals surface area contributed by atoms with Crippen LogP contribution in [0.2, 0.25) is 0 Å². The van der Waals surface area contributed by atoms with E-state index < -0.39 is 0 Å². The fourth-order valence-corrected chi connectivity index (χ4v) is 0. The summed E-state index contributed by atoms with van der Waals surface area (Å²) in [5.74, 6) is 0. The van der Waals surface area contributed by atoms with Crippen LogP contribution in [0.1, 0.15) is 0 Å². The Labute approximate surface area is 210 Å². The zero-order valence-corrected chi connectivity index (χ0v) is 15.4. The SMILES string of the molecule is [Li].[Li].[Li].[Li].[Li].[Li].[Pd].[Pd].[Pd].[Pd].[Pd]. The van der Waals surface area contributed by atoms with Gasteiger partial charge in [-0.3, -0.25) is 0 Å². The van der Waals surface area contributed by atoms with Gasteiger partial charge in [-0.1, -0.05) is 0 Å². The summed E-state index contributed by atoms with van der Waals surface area (Å²) in [7, 11) is 0. The first kappa shape index (κ1) is 107. The number of hydrogen-bond donors (Lipinski definition) is 0. The molecule has 0 bridgehead atoms. The maximum absolute atomic E-state index is 0. The van der Waals surface area contributed by atoms with Crippen molar-refractivity contribution in [1.82, 2.24) is 0 Å². The summed E-state index contributed by atoms with van der Waals surface area (Å²) in [5.41, 5.74) is 0. The van der Waals surface area contributed by atoms with Gasteiger partial charge in [0.15, 0.2) is 0 Å². The van der Waals surface area contributed by atoms with Crippen molar-refractivity contribution in [1.29, 1.82) is 0 Å². The van der Waals surface area contributed by atoms with Crippen molar-refractivity contribution in [3.63, 3.8) is 0 Å². The van der Waals surface area contributed by atoms with Crippen LogP contribution in [0.4, 0.5) is 0 Å². The second kappa shape index (κ2) is 89.8. The number of hydrogen-bond acceptors (Lipinski definition) is 0. The maximum Gasteiger partial charge on any atom is 0 e. The predicted octanol–water partition coefficient (Wildman–Crippen LogP) is -2.30. The van der Waals surface area contributed by atoms with E-state index in [1.165, 1.54) is 0 Å². The van der Waals surface area contributed by atoms with Crippen LogP contribution >= 0.6 is 0 Å². The van der Waals surface area contributed by atoms with Crippen molar-refractivity contribution in [3.8, 4) is 0 Å². The van der Waals surface area contributed by atoms with E-state index in [2.05, 4.69) is 0 Å². The van der Waals surface area contributed by atoms with Gasteiger partial charge < -0.3 is 0 Å². The summed E-state index contributed by atoms with van der Waals surface area (Å²) in [6, 6.07) is 0. The van der Waals surface area contributed by atoms with Crippen LogP contribution in [0.25, 0.3) is 0 Å². The molecule has 0 rings (SSSR count). The molecule has 0 aromatic carbocycles. The molecule has 0 heterocycles. The quantitative estimate of drug-likeness (QED) is 0.286. The Morgan fingerprint density at radius 2 is 0.182 bits per heavy atom. The molecule has 0 aromatic heterocycles. The zero-order chi connectivity index (χ0) is 0. The van der Waals surface area contributed by atoms with E-state index in [-0.39, 0.29) is 215 Å². The van der Waals surface area contributed by atoms with Gasteiger partial charge in [-0.05, 0) is 0 Å². The molecule has 0 N–H and O–H groups in total. The molecular formula is Li6Pd5. The zero-order valence-electron chi connectivity index (χ0n) is 7.58. The van der Waals surface area contributed by atoms with Gasteiger partial charge in [-0.25, -0.2) is 0 Å². The van der Waals surface area contributed by atoms with E-state index >= 15 is 0 Å². The largest absolute Gasteiger partial charge is 0 e. The molecule has 0 aromatic rings. The molecule has 0 saturated heterocycles. The second-order valence-corrected chi connectivity index (χ2v) is 0. The first-order valence-corrected chi connectivity index (χ1v) is 0. The van der Waals surface area contributed by atoms with Crippen LogP contribution < -0.4 is 0 Å². The van der Waals surface area contributed by atoms with E-state index in [0.717, 1.165) is 0 Å². The van der Waals surface area contributed by atoms with Gasteiger partial charge in [-0.15, -0.1) is 0 Å². The molecule has 0 aliphatic rings. The number of rotatable bonds is 0. The standard InChI is InChI=1S/6Li.5Pd. The van der Waals surface area contributed by atoms with Gasteiger partial charge in [0.25, 0.3) is 0 Å². The average molecular weight is 574 g/mol. The van der Waals surface area contributed by atoms with Crippen LogP contribution in [0, 0.1) is 0 Å². The fourth-order valence-electron chi connectivity index (χ4n) is 0. The van der Waals surface area contributed by atoms with Crippen molar-refractivity contribution in [2.24, 2.45) is 0 Å². The van der Waals surface area contributed by atoms with Crippen molar-refractivity contribution < 1.29 is 102 Å². The first-order valence-electron chi connectivity index (χ1n) is 0. The minimum absolute atomic E-state index is 0. The van der Waals surface area contributed by atoms with E-state index in [1.807, 2.05) is 0 Å².